The molecule has 1 amide bonds. The molecule has 0 bridgehead atoms. The lowest BCUT2D eigenvalue weighted by molar-refractivity contribution is -0.117. The fourth-order valence-electron chi connectivity index (χ4n) is 1.25. The topological polar surface area (TPSA) is 55.1 Å². The maximum atomic E-state index is 11.6. The summed E-state index contributed by atoms with van der Waals surface area (Å²) >= 11 is 5.77. The molecule has 1 aromatic rings. The first-order valence-electron chi connectivity index (χ1n) is 5.56. The Balaban J connectivity index is 2.72. The zero-order chi connectivity index (χ0) is 12.8. The Morgan fingerprint density at radius 3 is 2.59 bits per heavy atom. The van der Waals surface area contributed by atoms with Gasteiger partial charge in [0.1, 0.15) is 0 Å². The third-order valence-electron chi connectivity index (χ3n) is 2.47. The molecule has 1 unspecified atom stereocenters. The summed E-state index contributed by atoms with van der Waals surface area (Å²) in [6, 6.07) is 7.20. The summed E-state index contributed by atoms with van der Waals surface area (Å²) < 4.78 is 0. The van der Waals surface area contributed by atoms with Crippen LogP contribution < -0.4 is 11.1 Å². The Hall–Kier alpha value is -1.48. The lowest BCUT2D eigenvalue weighted by Gasteiger charge is -2.09. The molecule has 92 valence electrons. The van der Waals surface area contributed by atoms with Crippen LogP contribution in [0.3, 0.4) is 0 Å². The number of halogens is 1. The van der Waals surface area contributed by atoms with Crippen LogP contribution in [-0.2, 0) is 4.79 Å². The van der Waals surface area contributed by atoms with Gasteiger partial charge in [-0.2, -0.15) is 0 Å². The highest BCUT2D eigenvalue weighted by atomic mass is 35.5. The molecule has 0 aliphatic rings. The van der Waals surface area contributed by atoms with Crippen LogP contribution in [0.4, 0.5) is 0 Å². The summed E-state index contributed by atoms with van der Waals surface area (Å²) in [5.74, 6) is -0.174. The number of carbonyl (C=O) groups excluding carboxylic acids is 1. The van der Waals surface area contributed by atoms with Crippen molar-refractivity contribution in [1.29, 1.82) is 0 Å². The van der Waals surface area contributed by atoms with Gasteiger partial charge in [-0.1, -0.05) is 30.7 Å². The number of carbonyl (C=O) groups is 1. The molecule has 4 heteroatoms. The van der Waals surface area contributed by atoms with E-state index in [9.17, 15) is 4.79 Å². The molecule has 0 saturated carbocycles. The standard InChI is InChI=1S/C13H17ClN2O/c1-3-9(2)16-13(17)8-12(15)10-4-6-11(14)7-5-10/h4-9H,3,15H2,1-2H3,(H,16,17)/b12-8-. The van der Waals surface area contributed by atoms with Gasteiger partial charge in [0.2, 0.25) is 5.91 Å². The molecule has 0 aromatic heterocycles. The van der Waals surface area contributed by atoms with Crippen molar-refractivity contribution in [2.45, 2.75) is 26.3 Å². The first-order chi connectivity index (χ1) is 8.02. The van der Waals surface area contributed by atoms with Crippen molar-refractivity contribution in [2.75, 3.05) is 0 Å². The number of benzene rings is 1. The average Bonchev–Trinajstić information content (AvgIpc) is 2.29. The lowest BCUT2D eigenvalue weighted by Crippen LogP contribution is -2.30. The summed E-state index contributed by atoms with van der Waals surface area (Å²) in [6.07, 6.45) is 2.29. The summed E-state index contributed by atoms with van der Waals surface area (Å²) in [4.78, 5) is 11.6. The van der Waals surface area contributed by atoms with Gasteiger partial charge in [0.05, 0.1) is 0 Å². The molecule has 0 aliphatic heterocycles. The predicted octanol–water partition coefficient (Wildman–Crippen LogP) is 2.55. The van der Waals surface area contributed by atoms with E-state index in [-0.39, 0.29) is 11.9 Å². The Labute approximate surface area is 107 Å². The summed E-state index contributed by atoms with van der Waals surface area (Å²) in [6.45, 7) is 3.96. The fourth-order valence-corrected chi connectivity index (χ4v) is 1.38. The minimum atomic E-state index is -0.174. The minimum Gasteiger partial charge on any atom is -0.398 e. The molecule has 17 heavy (non-hydrogen) atoms. The van der Waals surface area contributed by atoms with Gasteiger partial charge in [-0.3, -0.25) is 4.79 Å². The second kappa shape index (κ2) is 6.30. The SMILES string of the molecule is CCC(C)NC(=O)/C=C(\N)c1ccc(Cl)cc1. The van der Waals surface area contributed by atoms with E-state index in [0.717, 1.165) is 12.0 Å². The van der Waals surface area contributed by atoms with Crippen LogP contribution in [-0.4, -0.2) is 11.9 Å². The van der Waals surface area contributed by atoms with Gasteiger partial charge < -0.3 is 11.1 Å². The smallest absolute Gasteiger partial charge is 0.246 e. The highest BCUT2D eigenvalue weighted by Gasteiger charge is 2.04. The van der Waals surface area contributed by atoms with Crippen molar-refractivity contribution >= 4 is 23.2 Å². The largest absolute Gasteiger partial charge is 0.398 e. The van der Waals surface area contributed by atoms with Crippen LogP contribution >= 0.6 is 11.6 Å². The number of hydrogen-bond donors (Lipinski definition) is 2. The van der Waals surface area contributed by atoms with Crippen molar-refractivity contribution < 1.29 is 4.79 Å². The number of rotatable bonds is 4. The van der Waals surface area contributed by atoms with Gasteiger partial charge in [-0.05, 0) is 31.0 Å². The molecule has 0 heterocycles. The molecule has 0 spiro atoms. The van der Waals surface area contributed by atoms with E-state index < -0.39 is 0 Å². The van der Waals surface area contributed by atoms with Gasteiger partial charge >= 0.3 is 0 Å². The van der Waals surface area contributed by atoms with Gasteiger partial charge in [0.15, 0.2) is 0 Å². The highest BCUT2D eigenvalue weighted by molar-refractivity contribution is 6.30. The second-order valence-corrected chi connectivity index (χ2v) is 4.36. The molecular formula is C13H17ClN2O. The maximum Gasteiger partial charge on any atom is 0.246 e. The normalized spacial score (nSPS) is 13.2. The van der Waals surface area contributed by atoms with Crippen molar-refractivity contribution in [3.05, 3.63) is 40.9 Å². The first kappa shape index (κ1) is 13.6. The molecule has 1 atom stereocenters. The molecular weight excluding hydrogens is 236 g/mol. The molecule has 0 fully saturated rings. The Bertz CT molecular complexity index is 412. The Morgan fingerprint density at radius 2 is 2.06 bits per heavy atom. The molecule has 0 saturated heterocycles. The number of amides is 1. The number of nitrogens with two attached hydrogens (primary N) is 1. The summed E-state index contributed by atoms with van der Waals surface area (Å²) in [7, 11) is 0. The highest BCUT2D eigenvalue weighted by Crippen LogP contribution is 2.13. The van der Waals surface area contributed by atoms with Crippen LogP contribution in [0.15, 0.2) is 30.3 Å². The Kier molecular flexibility index (Phi) is 5.04. The molecule has 1 rings (SSSR count). The zero-order valence-corrected chi connectivity index (χ0v) is 10.8. The second-order valence-electron chi connectivity index (χ2n) is 3.92. The van der Waals surface area contributed by atoms with Crippen molar-refractivity contribution in [3.63, 3.8) is 0 Å². The number of hydrogen-bond acceptors (Lipinski definition) is 2. The molecule has 1 aromatic carbocycles. The first-order valence-corrected chi connectivity index (χ1v) is 5.94. The van der Waals surface area contributed by atoms with E-state index in [4.69, 9.17) is 17.3 Å². The van der Waals surface area contributed by atoms with Gasteiger partial charge in [-0.25, -0.2) is 0 Å². The van der Waals surface area contributed by atoms with E-state index in [1.807, 2.05) is 13.8 Å². The predicted molar refractivity (Wildman–Crippen MR) is 71.5 cm³/mol. The van der Waals surface area contributed by atoms with Gasteiger partial charge in [0, 0.05) is 22.8 Å². The summed E-state index contributed by atoms with van der Waals surface area (Å²) in [5, 5.41) is 3.46. The molecule has 3 N–H and O–H groups in total. The number of nitrogens with one attached hydrogen (secondary N) is 1. The van der Waals surface area contributed by atoms with Crippen LogP contribution in [0.25, 0.3) is 5.70 Å². The third-order valence-corrected chi connectivity index (χ3v) is 2.72. The van der Waals surface area contributed by atoms with Crippen molar-refractivity contribution in [1.82, 2.24) is 5.32 Å². The van der Waals surface area contributed by atoms with E-state index in [0.29, 0.717) is 10.7 Å². The summed E-state index contributed by atoms with van der Waals surface area (Å²) in [5.41, 5.74) is 7.04. The van der Waals surface area contributed by atoms with Gasteiger partial charge in [0.25, 0.3) is 0 Å². The van der Waals surface area contributed by atoms with Crippen molar-refractivity contribution in [2.24, 2.45) is 5.73 Å². The van der Waals surface area contributed by atoms with Gasteiger partial charge in [-0.15, -0.1) is 0 Å². The van der Waals surface area contributed by atoms with Crippen LogP contribution in [0.5, 0.6) is 0 Å². The average molecular weight is 253 g/mol. The van der Waals surface area contributed by atoms with Crippen LogP contribution in [0.2, 0.25) is 5.02 Å². The Morgan fingerprint density at radius 1 is 1.47 bits per heavy atom. The molecule has 3 nitrogen and oxygen atoms in total. The monoisotopic (exact) mass is 252 g/mol. The van der Waals surface area contributed by atoms with Crippen molar-refractivity contribution in [3.8, 4) is 0 Å². The van der Waals surface area contributed by atoms with E-state index in [1.165, 1.54) is 6.08 Å². The van der Waals surface area contributed by atoms with Crippen LogP contribution in [0, 0.1) is 0 Å². The quantitative estimate of drug-likeness (QED) is 0.810. The van der Waals surface area contributed by atoms with Crippen LogP contribution in [0.1, 0.15) is 25.8 Å². The molecule has 0 aliphatic carbocycles. The molecule has 0 radical (unpaired) electrons. The van der Waals surface area contributed by atoms with E-state index >= 15 is 0 Å². The van der Waals surface area contributed by atoms with E-state index in [1.54, 1.807) is 24.3 Å². The third kappa shape index (κ3) is 4.49. The lowest BCUT2D eigenvalue weighted by atomic mass is 10.1. The fraction of sp³-hybridized carbons (Fsp3) is 0.308. The zero-order valence-electron chi connectivity index (χ0n) is 10.0. The minimum absolute atomic E-state index is 0.150. The van der Waals surface area contributed by atoms with E-state index in [2.05, 4.69) is 5.32 Å². The maximum absolute atomic E-state index is 11.6.